The lowest BCUT2D eigenvalue weighted by Crippen LogP contribution is -2.31. The number of ether oxygens (including phenoxy) is 3. The maximum absolute atomic E-state index is 5.60. The highest BCUT2D eigenvalue weighted by Crippen LogP contribution is 2.32. The molecular formula is C24H34N4O3. The van der Waals surface area contributed by atoms with Crippen molar-refractivity contribution in [3.05, 3.63) is 42.5 Å². The van der Waals surface area contributed by atoms with Crippen molar-refractivity contribution in [3.63, 3.8) is 0 Å². The van der Waals surface area contributed by atoms with E-state index in [1.54, 1.807) is 14.2 Å². The maximum atomic E-state index is 5.60. The summed E-state index contributed by atoms with van der Waals surface area (Å²) >= 11 is 0. The largest absolute Gasteiger partial charge is 0.495 e. The van der Waals surface area contributed by atoms with Crippen LogP contribution in [0.3, 0.4) is 0 Å². The Balaban J connectivity index is 1.64. The van der Waals surface area contributed by atoms with Gasteiger partial charge in [0.05, 0.1) is 26.5 Å². The van der Waals surface area contributed by atoms with Gasteiger partial charge in [-0.15, -0.1) is 0 Å². The van der Waals surface area contributed by atoms with Crippen LogP contribution >= 0.6 is 0 Å². The van der Waals surface area contributed by atoms with Crippen LogP contribution in [0.5, 0.6) is 17.2 Å². The average molecular weight is 427 g/mol. The number of para-hydroxylation sites is 2. The highest BCUT2D eigenvalue weighted by Gasteiger charge is 2.24. The normalized spacial score (nSPS) is 16.2. The smallest absolute Gasteiger partial charge is 0.195 e. The van der Waals surface area contributed by atoms with Gasteiger partial charge in [-0.2, -0.15) is 0 Å². The van der Waals surface area contributed by atoms with Crippen molar-refractivity contribution >= 4 is 17.3 Å². The molecule has 0 aliphatic carbocycles. The first kappa shape index (κ1) is 22.6. The summed E-state index contributed by atoms with van der Waals surface area (Å²) in [6.07, 6.45) is 1.11. The van der Waals surface area contributed by atoms with Gasteiger partial charge in [-0.1, -0.05) is 12.1 Å². The number of hydrogen-bond acceptors (Lipinski definition) is 5. The Bertz CT molecular complexity index is 872. The Kier molecular flexibility index (Phi) is 8.27. The number of nitrogens with one attached hydrogen (secondary N) is 2. The first-order valence-corrected chi connectivity index (χ1v) is 10.9. The minimum absolute atomic E-state index is 0.496. The van der Waals surface area contributed by atoms with Crippen molar-refractivity contribution in [2.24, 2.45) is 10.9 Å². The fourth-order valence-electron chi connectivity index (χ4n) is 3.78. The van der Waals surface area contributed by atoms with E-state index >= 15 is 0 Å². The van der Waals surface area contributed by atoms with Crippen molar-refractivity contribution in [1.29, 1.82) is 0 Å². The number of methoxy groups -OCH3 is 2. The molecule has 3 rings (SSSR count). The molecule has 1 atom stereocenters. The van der Waals surface area contributed by atoms with Gasteiger partial charge in [0.25, 0.3) is 0 Å². The van der Waals surface area contributed by atoms with Crippen LogP contribution < -0.4 is 29.7 Å². The number of rotatable bonds is 9. The van der Waals surface area contributed by atoms with Crippen molar-refractivity contribution in [1.82, 2.24) is 5.32 Å². The summed E-state index contributed by atoms with van der Waals surface area (Å²) in [6.45, 7) is 8.16. The van der Waals surface area contributed by atoms with Gasteiger partial charge in [0.15, 0.2) is 17.5 Å². The minimum atomic E-state index is 0.496. The zero-order valence-electron chi connectivity index (χ0n) is 19.0. The van der Waals surface area contributed by atoms with Crippen LogP contribution in [0.1, 0.15) is 20.3 Å². The number of benzene rings is 2. The van der Waals surface area contributed by atoms with E-state index in [4.69, 9.17) is 19.2 Å². The van der Waals surface area contributed by atoms with Crippen LogP contribution in [0.15, 0.2) is 47.5 Å². The number of hydrogen-bond donors (Lipinski definition) is 2. The second kappa shape index (κ2) is 11.3. The van der Waals surface area contributed by atoms with E-state index in [1.165, 1.54) is 0 Å². The van der Waals surface area contributed by atoms with Crippen LogP contribution in [-0.2, 0) is 0 Å². The molecule has 7 heteroatoms. The van der Waals surface area contributed by atoms with Crippen molar-refractivity contribution in [2.45, 2.75) is 20.3 Å². The molecule has 0 radical (unpaired) electrons. The molecule has 2 aromatic rings. The van der Waals surface area contributed by atoms with Gasteiger partial charge in [-0.25, -0.2) is 0 Å². The Hall–Kier alpha value is -3.09. The molecule has 0 aromatic heterocycles. The SMILES string of the molecule is CCNC(=NCC1CCN(c2ccccc2OC)C1)Nc1ccc(OCC)c(OC)c1. The molecule has 1 heterocycles. The quantitative estimate of drug-likeness (QED) is 0.467. The standard InChI is InChI=1S/C24H34N4O3/c1-5-25-24(27-19-11-12-22(31-6-2)23(15-19)30-4)26-16-18-13-14-28(17-18)20-9-7-8-10-21(20)29-3/h7-12,15,18H,5-6,13-14,16-17H2,1-4H3,(H2,25,26,27). The van der Waals surface area contributed by atoms with Crippen molar-refractivity contribution in [2.75, 3.05) is 57.2 Å². The molecule has 0 spiro atoms. The summed E-state index contributed by atoms with van der Waals surface area (Å²) in [4.78, 5) is 7.23. The molecule has 0 saturated carbocycles. The first-order valence-electron chi connectivity index (χ1n) is 10.9. The number of aliphatic imine (C=N–C) groups is 1. The number of guanidine groups is 1. The molecule has 0 bridgehead atoms. The topological polar surface area (TPSA) is 67.4 Å². The molecule has 2 N–H and O–H groups in total. The van der Waals surface area contributed by atoms with E-state index in [9.17, 15) is 0 Å². The molecule has 1 unspecified atom stereocenters. The summed E-state index contributed by atoms with van der Waals surface area (Å²) < 4.78 is 16.6. The molecule has 31 heavy (non-hydrogen) atoms. The highest BCUT2D eigenvalue weighted by molar-refractivity contribution is 5.93. The lowest BCUT2D eigenvalue weighted by Gasteiger charge is -2.21. The molecular weight excluding hydrogens is 392 g/mol. The summed E-state index contributed by atoms with van der Waals surface area (Å²) in [5.74, 6) is 3.62. The molecule has 168 valence electrons. The predicted octanol–water partition coefficient (Wildman–Crippen LogP) is 4.01. The number of nitrogens with zero attached hydrogens (tertiary/aromatic N) is 2. The summed E-state index contributed by atoms with van der Waals surface area (Å²) in [5, 5.41) is 6.71. The van der Waals surface area contributed by atoms with Crippen LogP contribution in [0, 0.1) is 5.92 Å². The van der Waals surface area contributed by atoms with Gasteiger partial charge in [0, 0.05) is 37.9 Å². The van der Waals surface area contributed by atoms with E-state index < -0.39 is 0 Å². The molecule has 1 saturated heterocycles. The zero-order valence-corrected chi connectivity index (χ0v) is 19.0. The fraction of sp³-hybridized carbons (Fsp3) is 0.458. The minimum Gasteiger partial charge on any atom is -0.495 e. The molecule has 1 aliphatic rings. The second-order valence-corrected chi connectivity index (χ2v) is 7.42. The first-order chi connectivity index (χ1) is 15.2. The van der Waals surface area contributed by atoms with E-state index in [1.807, 2.05) is 37.3 Å². The van der Waals surface area contributed by atoms with Gasteiger partial charge in [-0.05, 0) is 50.5 Å². The number of anilines is 2. The lowest BCUT2D eigenvalue weighted by atomic mass is 10.1. The Morgan fingerprint density at radius 2 is 1.87 bits per heavy atom. The van der Waals surface area contributed by atoms with Gasteiger partial charge >= 0.3 is 0 Å². The van der Waals surface area contributed by atoms with E-state index in [-0.39, 0.29) is 0 Å². The third-order valence-corrected chi connectivity index (χ3v) is 5.29. The van der Waals surface area contributed by atoms with Crippen LogP contribution in [-0.4, -0.2) is 53.0 Å². The molecule has 2 aromatic carbocycles. The van der Waals surface area contributed by atoms with Crippen molar-refractivity contribution in [3.8, 4) is 17.2 Å². The predicted molar refractivity (Wildman–Crippen MR) is 127 cm³/mol. The van der Waals surface area contributed by atoms with Crippen LogP contribution in [0.25, 0.3) is 0 Å². The van der Waals surface area contributed by atoms with Crippen LogP contribution in [0.4, 0.5) is 11.4 Å². The summed E-state index contributed by atoms with van der Waals surface area (Å²) in [7, 11) is 3.37. The third kappa shape index (κ3) is 5.96. The molecule has 0 amide bonds. The third-order valence-electron chi connectivity index (χ3n) is 5.29. The van der Waals surface area contributed by atoms with Crippen molar-refractivity contribution < 1.29 is 14.2 Å². The molecule has 1 fully saturated rings. The second-order valence-electron chi connectivity index (χ2n) is 7.42. The van der Waals surface area contributed by atoms with E-state index in [0.717, 1.165) is 61.4 Å². The average Bonchev–Trinajstić information content (AvgIpc) is 3.27. The van der Waals surface area contributed by atoms with Gasteiger partial charge in [-0.3, -0.25) is 4.99 Å². The molecule has 1 aliphatic heterocycles. The lowest BCUT2D eigenvalue weighted by molar-refractivity contribution is 0.311. The van der Waals surface area contributed by atoms with E-state index in [0.29, 0.717) is 18.3 Å². The summed E-state index contributed by atoms with van der Waals surface area (Å²) in [6, 6.07) is 14.0. The van der Waals surface area contributed by atoms with Gasteiger partial charge < -0.3 is 29.7 Å². The summed E-state index contributed by atoms with van der Waals surface area (Å²) in [5.41, 5.74) is 2.06. The highest BCUT2D eigenvalue weighted by atomic mass is 16.5. The maximum Gasteiger partial charge on any atom is 0.195 e. The fourth-order valence-corrected chi connectivity index (χ4v) is 3.78. The Labute approximate surface area is 185 Å². The van der Waals surface area contributed by atoms with E-state index in [2.05, 4.69) is 34.6 Å². The molecule has 7 nitrogen and oxygen atoms in total. The van der Waals surface area contributed by atoms with Gasteiger partial charge in [0.2, 0.25) is 0 Å². The van der Waals surface area contributed by atoms with Gasteiger partial charge in [0.1, 0.15) is 5.75 Å². The Morgan fingerprint density at radius 1 is 1.06 bits per heavy atom. The van der Waals surface area contributed by atoms with Crippen LogP contribution in [0.2, 0.25) is 0 Å². The zero-order chi connectivity index (χ0) is 22.1. The monoisotopic (exact) mass is 426 g/mol. The Morgan fingerprint density at radius 3 is 2.61 bits per heavy atom.